The van der Waals surface area contributed by atoms with E-state index in [4.69, 9.17) is 9.05 Å². The van der Waals surface area contributed by atoms with Crippen LogP contribution in [-0.2, 0) is 18.4 Å². The Labute approximate surface area is 363 Å². The van der Waals surface area contributed by atoms with E-state index in [2.05, 4.69) is 92.1 Å². The van der Waals surface area contributed by atoms with Crippen molar-refractivity contribution in [3.05, 3.63) is 85.1 Å². The highest BCUT2D eigenvalue weighted by atomic mass is 31.2. The molecule has 8 nitrogen and oxygen atoms in total. The number of rotatable bonds is 41. The van der Waals surface area contributed by atoms with Crippen molar-refractivity contribution in [2.24, 2.45) is 0 Å². The van der Waals surface area contributed by atoms with Crippen LogP contribution in [0.2, 0.25) is 0 Å². The molecule has 0 aromatic rings. The number of phosphoric ester groups is 1. The van der Waals surface area contributed by atoms with Crippen LogP contribution < -0.4 is 10.2 Å². The number of phosphoric acid groups is 1. The smallest absolute Gasteiger partial charge is 0.268 e. The Kier molecular flexibility index (Phi) is 39.4. The predicted molar refractivity (Wildman–Crippen MR) is 251 cm³/mol. The Hall–Kier alpha value is -2.32. The van der Waals surface area contributed by atoms with E-state index < -0.39 is 26.6 Å². The van der Waals surface area contributed by atoms with Gasteiger partial charge >= 0.3 is 0 Å². The lowest BCUT2D eigenvalue weighted by Crippen LogP contribution is -2.45. The van der Waals surface area contributed by atoms with Gasteiger partial charge in [0.25, 0.3) is 7.82 Å². The first-order valence-corrected chi connectivity index (χ1v) is 24.9. The molecule has 1 amide bonds. The fraction of sp³-hybridized carbons (Fsp3) is 0.700. The minimum absolute atomic E-state index is 0.0110. The molecule has 0 aromatic heterocycles. The summed E-state index contributed by atoms with van der Waals surface area (Å²) in [6.07, 6.45) is 56.3. The Morgan fingerprint density at radius 1 is 0.610 bits per heavy atom. The summed E-state index contributed by atoms with van der Waals surface area (Å²) in [6, 6.07) is -0.905. The fourth-order valence-electron chi connectivity index (χ4n) is 6.15. The molecular formula is C50H89N2O6P. The van der Waals surface area contributed by atoms with Gasteiger partial charge in [-0.2, -0.15) is 0 Å². The number of allylic oxidation sites excluding steroid dienone is 13. The maximum atomic E-state index is 12.9. The second kappa shape index (κ2) is 41.1. The van der Waals surface area contributed by atoms with Crippen molar-refractivity contribution in [3.63, 3.8) is 0 Å². The predicted octanol–water partition coefficient (Wildman–Crippen LogP) is 12.7. The topological polar surface area (TPSA) is 108 Å². The van der Waals surface area contributed by atoms with Gasteiger partial charge in [-0.25, -0.2) is 0 Å². The highest BCUT2D eigenvalue weighted by Gasteiger charge is 2.23. The molecule has 0 aliphatic carbocycles. The van der Waals surface area contributed by atoms with Crippen LogP contribution in [0.15, 0.2) is 85.1 Å². The van der Waals surface area contributed by atoms with E-state index in [9.17, 15) is 19.4 Å². The molecule has 0 aliphatic rings. The van der Waals surface area contributed by atoms with E-state index in [1.54, 1.807) is 6.08 Å². The van der Waals surface area contributed by atoms with Crippen LogP contribution in [0.25, 0.3) is 0 Å². The van der Waals surface area contributed by atoms with Gasteiger partial charge in [-0.15, -0.1) is 0 Å². The van der Waals surface area contributed by atoms with Crippen molar-refractivity contribution in [1.29, 1.82) is 0 Å². The van der Waals surface area contributed by atoms with Crippen LogP contribution in [-0.4, -0.2) is 68.5 Å². The van der Waals surface area contributed by atoms with E-state index >= 15 is 0 Å². The molecule has 0 rings (SSSR count). The molecule has 0 aromatic carbocycles. The highest BCUT2D eigenvalue weighted by molar-refractivity contribution is 7.45. The third-order valence-corrected chi connectivity index (χ3v) is 10.8. The molecule has 0 heterocycles. The molecule has 59 heavy (non-hydrogen) atoms. The molecule has 0 radical (unpaired) electrons. The minimum atomic E-state index is -4.60. The quantitative estimate of drug-likeness (QED) is 0.0275. The number of nitrogens with one attached hydrogen (secondary N) is 1. The molecule has 0 fully saturated rings. The van der Waals surface area contributed by atoms with Crippen LogP contribution in [0, 0.1) is 0 Å². The fourth-order valence-corrected chi connectivity index (χ4v) is 6.88. The lowest BCUT2D eigenvalue weighted by molar-refractivity contribution is -0.870. The first-order valence-electron chi connectivity index (χ1n) is 23.4. The molecule has 0 aliphatic heterocycles. The molecule has 340 valence electrons. The SMILES string of the molecule is CC/C=C\C/C=C\C/C=C\C/C=C\C/C=C\C/C=C\CCCCCCC(=O)NC(COP(=O)([O-])OCC[N+](C)(C)C)C(O)/C=C/CCCCCCCCCCCCCC. The summed E-state index contributed by atoms with van der Waals surface area (Å²) in [6.45, 7) is 4.49. The Morgan fingerprint density at radius 3 is 1.51 bits per heavy atom. The molecule has 9 heteroatoms. The van der Waals surface area contributed by atoms with Crippen molar-refractivity contribution in [2.75, 3.05) is 40.9 Å². The molecular weight excluding hydrogens is 756 g/mol. The van der Waals surface area contributed by atoms with Crippen LogP contribution in [0.1, 0.15) is 174 Å². The maximum absolute atomic E-state index is 12.9. The van der Waals surface area contributed by atoms with Gasteiger partial charge in [0.2, 0.25) is 5.91 Å². The third kappa shape index (κ3) is 43.6. The standard InChI is InChI=1S/C50H89N2O6P/c1-6-8-10-12-14-16-18-20-22-23-24-25-26-27-28-29-30-32-34-36-38-40-42-44-50(54)51-48(47-58-59(55,56)57-46-45-52(3,4)5)49(53)43-41-39-37-35-33-31-21-19-17-15-13-11-9-7-2/h8,10,14,16,20,22,24-25,27-28,30,32,41,43,48-49,53H,6-7,9,11-13,15,17-19,21,23,26,29,31,33-40,42,44-47H2,1-5H3,(H-,51,54,55,56)/b10-8-,16-14-,22-20-,25-24-,28-27-,32-30-,43-41+. The van der Waals surface area contributed by atoms with E-state index in [1.165, 1.54) is 64.2 Å². The third-order valence-electron chi connectivity index (χ3n) is 9.86. The Balaban J connectivity index is 4.44. The highest BCUT2D eigenvalue weighted by Crippen LogP contribution is 2.38. The summed E-state index contributed by atoms with van der Waals surface area (Å²) in [5, 5.41) is 13.8. The number of nitrogens with zero attached hydrogens (tertiary/aromatic N) is 1. The summed E-state index contributed by atoms with van der Waals surface area (Å²) in [4.78, 5) is 25.3. The van der Waals surface area contributed by atoms with Gasteiger partial charge in [-0.3, -0.25) is 9.36 Å². The summed E-state index contributed by atoms with van der Waals surface area (Å²) < 4.78 is 23.2. The van der Waals surface area contributed by atoms with Gasteiger partial charge in [0.1, 0.15) is 13.2 Å². The number of hydrogen-bond donors (Lipinski definition) is 2. The van der Waals surface area contributed by atoms with Crippen molar-refractivity contribution < 1.29 is 32.9 Å². The van der Waals surface area contributed by atoms with E-state index in [-0.39, 0.29) is 12.5 Å². The molecule has 0 saturated carbocycles. The van der Waals surface area contributed by atoms with Crippen LogP contribution >= 0.6 is 7.82 Å². The largest absolute Gasteiger partial charge is 0.756 e. The number of unbranched alkanes of at least 4 members (excludes halogenated alkanes) is 16. The lowest BCUT2D eigenvalue weighted by Gasteiger charge is -2.29. The monoisotopic (exact) mass is 845 g/mol. The van der Waals surface area contributed by atoms with Gasteiger partial charge < -0.3 is 28.8 Å². The molecule has 3 atom stereocenters. The second-order valence-corrected chi connectivity index (χ2v) is 18.1. The van der Waals surface area contributed by atoms with Crippen LogP contribution in [0.3, 0.4) is 0 Å². The first-order chi connectivity index (χ1) is 28.5. The maximum Gasteiger partial charge on any atom is 0.268 e. The Bertz CT molecular complexity index is 1230. The summed E-state index contributed by atoms with van der Waals surface area (Å²) >= 11 is 0. The van der Waals surface area contributed by atoms with Gasteiger partial charge in [-0.1, -0.05) is 182 Å². The molecule has 3 unspecified atom stereocenters. The number of hydrogen-bond acceptors (Lipinski definition) is 6. The number of carbonyl (C=O) groups excluding carboxylic acids is 1. The summed E-state index contributed by atoms with van der Waals surface area (Å²) in [5.74, 6) is -0.226. The lowest BCUT2D eigenvalue weighted by atomic mass is 10.0. The first kappa shape index (κ1) is 56.7. The van der Waals surface area contributed by atoms with Crippen molar-refractivity contribution >= 4 is 13.7 Å². The van der Waals surface area contributed by atoms with Crippen molar-refractivity contribution in [3.8, 4) is 0 Å². The number of carbonyl (C=O) groups is 1. The average Bonchev–Trinajstić information content (AvgIpc) is 3.19. The van der Waals surface area contributed by atoms with E-state index in [1.807, 2.05) is 27.2 Å². The number of aliphatic hydroxyl groups excluding tert-OH is 1. The minimum Gasteiger partial charge on any atom is -0.756 e. The van der Waals surface area contributed by atoms with Crippen LogP contribution in [0.5, 0.6) is 0 Å². The van der Waals surface area contributed by atoms with Gasteiger partial charge in [-0.05, 0) is 70.6 Å². The van der Waals surface area contributed by atoms with Crippen LogP contribution in [0.4, 0.5) is 0 Å². The average molecular weight is 845 g/mol. The molecule has 0 saturated heterocycles. The number of amides is 1. The van der Waals surface area contributed by atoms with Gasteiger partial charge in [0, 0.05) is 6.42 Å². The summed E-state index contributed by atoms with van der Waals surface area (Å²) in [5.41, 5.74) is 0. The number of quaternary nitrogens is 1. The van der Waals surface area contributed by atoms with E-state index in [0.717, 1.165) is 89.9 Å². The second-order valence-electron chi connectivity index (χ2n) is 16.7. The molecule has 0 bridgehead atoms. The Morgan fingerprint density at radius 2 is 1.03 bits per heavy atom. The number of aliphatic hydroxyl groups is 1. The normalized spacial score (nSPS) is 15.0. The summed E-state index contributed by atoms with van der Waals surface area (Å²) in [7, 11) is 1.23. The zero-order valence-corrected chi connectivity index (χ0v) is 39.3. The van der Waals surface area contributed by atoms with Crippen molar-refractivity contribution in [2.45, 2.75) is 187 Å². The zero-order valence-electron chi connectivity index (χ0n) is 38.4. The van der Waals surface area contributed by atoms with Gasteiger partial charge in [0.15, 0.2) is 0 Å². The number of likely N-dealkylation sites (N-methyl/N-ethyl adjacent to an activating group) is 1. The zero-order chi connectivity index (χ0) is 43.6. The molecule has 0 spiro atoms. The van der Waals surface area contributed by atoms with Crippen molar-refractivity contribution in [1.82, 2.24) is 5.32 Å². The molecule has 2 N–H and O–H groups in total. The van der Waals surface area contributed by atoms with E-state index in [0.29, 0.717) is 17.4 Å². The van der Waals surface area contributed by atoms with Gasteiger partial charge in [0.05, 0.1) is 39.9 Å².